The average molecular weight is 456 g/mol. The maximum atomic E-state index is 14.1. The highest BCUT2D eigenvalue weighted by atomic mass is 19.1. The molecule has 0 bridgehead atoms. The highest BCUT2D eigenvalue weighted by Gasteiger charge is 2.36. The Hall–Kier alpha value is -4.46. The van der Waals surface area contributed by atoms with Gasteiger partial charge in [-0.3, -0.25) is 4.90 Å². The summed E-state index contributed by atoms with van der Waals surface area (Å²) in [5.41, 5.74) is 3.16. The third-order valence-electron chi connectivity index (χ3n) is 5.69. The van der Waals surface area contributed by atoms with Crippen molar-refractivity contribution in [3.05, 3.63) is 102 Å². The number of hydrogen-bond acceptors (Lipinski definition) is 5. The zero-order chi connectivity index (χ0) is 23.7. The first-order valence-corrected chi connectivity index (χ1v) is 10.7. The molecule has 1 N–H and O–H groups in total. The quantitative estimate of drug-likeness (QED) is 0.424. The molecule has 1 aliphatic rings. The summed E-state index contributed by atoms with van der Waals surface area (Å²) in [5.74, 6) is 0.924. The molecule has 1 unspecified atom stereocenters. The second kappa shape index (κ2) is 8.82. The number of nitrogens with one attached hydrogen (secondary N) is 1. The molecular weight excluding hydrogens is 435 g/mol. The monoisotopic (exact) mass is 456 g/mol. The summed E-state index contributed by atoms with van der Waals surface area (Å²) in [4.78, 5) is 19.4. The van der Waals surface area contributed by atoms with E-state index in [0.29, 0.717) is 34.1 Å². The van der Waals surface area contributed by atoms with Crippen molar-refractivity contribution in [2.24, 2.45) is 0 Å². The van der Waals surface area contributed by atoms with Crippen molar-refractivity contribution in [2.75, 3.05) is 12.0 Å². The molecule has 2 heterocycles. The van der Waals surface area contributed by atoms with E-state index in [4.69, 9.17) is 9.26 Å². The number of halogens is 1. The normalized spacial score (nSPS) is 15.9. The molecule has 4 aromatic rings. The molecule has 0 spiro atoms. The van der Waals surface area contributed by atoms with Gasteiger partial charge >= 0.3 is 6.03 Å². The fourth-order valence-electron chi connectivity index (χ4n) is 4.04. The van der Waals surface area contributed by atoms with Crippen molar-refractivity contribution in [3.63, 3.8) is 0 Å². The van der Waals surface area contributed by atoms with Crippen LogP contribution in [0.5, 0.6) is 5.75 Å². The number of ether oxygens (including phenoxy) is 1. The summed E-state index contributed by atoms with van der Waals surface area (Å²) in [6, 6.07) is 21.6. The van der Waals surface area contributed by atoms with Crippen LogP contribution in [-0.2, 0) is 0 Å². The Balaban J connectivity index is 1.65. The van der Waals surface area contributed by atoms with Crippen molar-refractivity contribution < 1.29 is 18.4 Å². The zero-order valence-electron chi connectivity index (χ0n) is 18.5. The Kier molecular flexibility index (Phi) is 5.55. The van der Waals surface area contributed by atoms with Gasteiger partial charge in [0.15, 0.2) is 0 Å². The molecule has 8 heteroatoms. The van der Waals surface area contributed by atoms with E-state index in [9.17, 15) is 9.18 Å². The van der Waals surface area contributed by atoms with Crippen molar-refractivity contribution in [1.29, 1.82) is 0 Å². The Bertz CT molecular complexity index is 1370. The van der Waals surface area contributed by atoms with E-state index in [1.807, 2.05) is 30.3 Å². The Labute approximate surface area is 195 Å². The number of benzene rings is 3. The molecule has 1 aromatic heterocycles. The molecular formula is C26H21FN4O3. The fourth-order valence-corrected chi connectivity index (χ4v) is 4.04. The zero-order valence-corrected chi connectivity index (χ0v) is 18.5. The highest BCUT2D eigenvalue weighted by molar-refractivity contribution is 6.01. The van der Waals surface area contributed by atoms with E-state index in [1.165, 1.54) is 17.0 Å². The van der Waals surface area contributed by atoms with E-state index in [-0.39, 0.29) is 11.9 Å². The summed E-state index contributed by atoms with van der Waals surface area (Å²) < 4.78 is 25.0. The van der Waals surface area contributed by atoms with Crippen LogP contribution in [0, 0.1) is 5.82 Å². The van der Waals surface area contributed by atoms with Crippen molar-refractivity contribution >= 4 is 17.3 Å². The highest BCUT2D eigenvalue weighted by Crippen LogP contribution is 2.39. The molecule has 1 aliphatic heterocycles. The minimum Gasteiger partial charge on any atom is -0.497 e. The number of anilines is 1. The summed E-state index contributed by atoms with van der Waals surface area (Å²) in [6.07, 6.45) is 0. The van der Waals surface area contributed by atoms with Gasteiger partial charge in [-0.1, -0.05) is 47.6 Å². The lowest BCUT2D eigenvalue weighted by molar-refractivity contribution is 0.244. The number of nitrogens with zero attached hydrogens (tertiary/aromatic N) is 3. The number of hydrogen-bond donors (Lipinski definition) is 1. The second-order valence-corrected chi connectivity index (χ2v) is 7.76. The number of carbonyl (C=O) groups is 1. The van der Waals surface area contributed by atoms with E-state index >= 15 is 0 Å². The first-order valence-electron chi connectivity index (χ1n) is 10.7. The third-order valence-corrected chi connectivity index (χ3v) is 5.69. The molecule has 34 heavy (non-hydrogen) atoms. The van der Waals surface area contributed by atoms with Crippen LogP contribution in [-0.4, -0.2) is 23.3 Å². The molecule has 0 saturated heterocycles. The smallest absolute Gasteiger partial charge is 0.326 e. The SMILES string of the molecule is COc1ccc(N2C(=O)NC(c3cccc(F)c3)C(c3nc(-c4ccccc4)no3)=C2C)cc1. The number of methoxy groups -OCH3 is 1. The van der Waals surface area contributed by atoms with Gasteiger partial charge in [-0.15, -0.1) is 0 Å². The summed E-state index contributed by atoms with van der Waals surface area (Å²) in [5, 5.41) is 7.11. The number of rotatable bonds is 5. The molecule has 0 saturated carbocycles. The van der Waals surface area contributed by atoms with Gasteiger partial charge in [-0.2, -0.15) is 4.98 Å². The van der Waals surface area contributed by atoms with Gasteiger partial charge in [0, 0.05) is 11.3 Å². The minimum atomic E-state index is -0.679. The molecule has 3 aromatic carbocycles. The second-order valence-electron chi connectivity index (χ2n) is 7.76. The van der Waals surface area contributed by atoms with Gasteiger partial charge in [-0.25, -0.2) is 9.18 Å². The fraction of sp³-hybridized carbons (Fsp3) is 0.115. The van der Waals surface area contributed by atoms with Crippen molar-refractivity contribution in [2.45, 2.75) is 13.0 Å². The summed E-state index contributed by atoms with van der Waals surface area (Å²) in [7, 11) is 1.58. The molecule has 0 radical (unpaired) electrons. The van der Waals surface area contributed by atoms with E-state index < -0.39 is 11.9 Å². The van der Waals surface area contributed by atoms with Crippen LogP contribution in [0.1, 0.15) is 24.4 Å². The van der Waals surface area contributed by atoms with Gasteiger partial charge in [0.1, 0.15) is 11.6 Å². The first kappa shape index (κ1) is 21.4. The van der Waals surface area contributed by atoms with E-state index in [2.05, 4.69) is 15.5 Å². The Morgan fingerprint density at radius 1 is 1.03 bits per heavy atom. The Morgan fingerprint density at radius 2 is 1.79 bits per heavy atom. The lowest BCUT2D eigenvalue weighted by Gasteiger charge is -2.35. The topological polar surface area (TPSA) is 80.5 Å². The number of carbonyl (C=O) groups excluding carboxylic acids is 1. The minimum absolute atomic E-state index is 0.240. The maximum Gasteiger partial charge on any atom is 0.326 e. The average Bonchev–Trinajstić information content (AvgIpc) is 3.34. The molecule has 0 fully saturated rings. The van der Waals surface area contributed by atoms with Crippen LogP contribution in [0.2, 0.25) is 0 Å². The van der Waals surface area contributed by atoms with Crippen molar-refractivity contribution in [3.8, 4) is 17.1 Å². The summed E-state index contributed by atoms with van der Waals surface area (Å²) >= 11 is 0. The van der Waals surface area contributed by atoms with Crippen LogP contribution in [0.4, 0.5) is 14.9 Å². The van der Waals surface area contributed by atoms with E-state index in [1.54, 1.807) is 50.4 Å². The maximum absolute atomic E-state index is 14.1. The Morgan fingerprint density at radius 3 is 2.50 bits per heavy atom. The van der Waals surface area contributed by atoms with Crippen LogP contribution in [0.25, 0.3) is 17.0 Å². The van der Waals surface area contributed by atoms with Gasteiger partial charge in [0.2, 0.25) is 5.82 Å². The van der Waals surface area contributed by atoms with Crippen LogP contribution in [0.15, 0.2) is 89.1 Å². The van der Waals surface area contributed by atoms with Crippen LogP contribution in [0.3, 0.4) is 0 Å². The lowest BCUT2D eigenvalue weighted by atomic mass is 9.94. The molecule has 0 aliphatic carbocycles. The van der Waals surface area contributed by atoms with Crippen LogP contribution >= 0.6 is 0 Å². The predicted molar refractivity (Wildman–Crippen MR) is 125 cm³/mol. The number of amides is 2. The summed E-state index contributed by atoms with van der Waals surface area (Å²) in [6.45, 7) is 1.80. The van der Waals surface area contributed by atoms with E-state index in [0.717, 1.165) is 5.56 Å². The molecule has 5 rings (SSSR count). The first-order chi connectivity index (χ1) is 16.5. The molecule has 7 nitrogen and oxygen atoms in total. The molecule has 170 valence electrons. The standard InChI is InChI=1S/C26H21FN4O3/c1-16-22(25-29-24(30-34-25)17-7-4-3-5-8-17)23(18-9-6-10-19(27)15-18)28-26(32)31(16)20-11-13-21(33-2)14-12-20/h3-15,23H,1-2H3,(H,28,32). The molecule has 2 amide bonds. The number of urea groups is 1. The largest absolute Gasteiger partial charge is 0.497 e. The number of aromatic nitrogens is 2. The van der Waals surface area contributed by atoms with Gasteiger partial charge in [0.25, 0.3) is 5.89 Å². The predicted octanol–water partition coefficient (Wildman–Crippen LogP) is 5.59. The van der Waals surface area contributed by atoms with Crippen LogP contribution < -0.4 is 15.0 Å². The lowest BCUT2D eigenvalue weighted by Crippen LogP contribution is -2.46. The van der Waals surface area contributed by atoms with Crippen molar-refractivity contribution in [1.82, 2.24) is 15.5 Å². The van der Waals surface area contributed by atoms with Gasteiger partial charge < -0.3 is 14.6 Å². The third kappa shape index (κ3) is 3.90. The van der Waals surface area contributed by atoms with Gasteiger partial charge in [-0.05, 0) is 48.9 Å². The number of allylic oxidation sites excluding steroid dienone is 1. The van der Waals surface area contributed by atoms with Gasteiger partial charge in [0.05, 0.1) is 24.4 Å². The molecule has 1 atom stereocenters.